The number of anilines is 1. The molecule has 0 amide bonds. The van der Waals surface area contributed by atoms with Crippen LogP contribution in [0.2, 0.25) is 0 Å². The first-order valence-electron chi connectivity index (χ1n) is 13.5. The minimum atomic E-state index is -0.227. The first-order chi connectivity index (χ1) is 18.6. The number of hydrogen-bond donors (Lipinski definition) is 0. The van der Waals surface area contributed by atoms with Gasteiger partial charge in [0.05, 0.1) is 24.3 Å². The van der Waals surface area contributed by atoms with Crippen LogP contribution in [0.4, 0.5) is 5.69 Å². The van der Waals surface area contributed by atoms with Gasteiger partial charge in [-0.25, -0.2) is 4.79 Å². The van der Waals surface area contributed by atoms with Crippen LogP contribution in [0.25, 0.3) is 5.69 Å². The lowest BCUT2D eigenvalue weighted by molar-refractivity contribution is -0.146. The Labute approximate surface area is 224 Å². The smallest absolute Gasteiger partial charge is 0.333 e. The van der Waals surface area contributed by atoms with Gasteiger partial charge in [0.15, 0.2) is 0 Å². The third-order valence-electron chi connectivity index (χ3n) is 7.71. The van der Waals surface area contributed by atoms with Crippen molar-refractivity contribution in [2.24, 2.45) is 5.92 Å². The van der Waals surface area contributed by atoms with E-state index < -0.39 is 0 Å². The normalized spacial score (nSPS) is 15.7. The number of piperidine rings is 1. The van der Waals surface area contributed by atoms with E-state index in [9.17, 15) is 9.59 Å². The molecule has 6 nitrogen and oxygen atoms in total. The molecule has 38 heavy (non-hydrogen) atoms. The van der Waals surface area contributed by atoms with Crippen LogP contribution >= 0.6 is 0 Å². The molecule has 1 aliphatic rings. The number of esters is 1. The molecule has 0 N–H and O–H groups in total. The lowest BCUT2D eigenvalue weighted by Crippen LogP contribution is -2.37. The van der Waals surface area contributed by atoms with Gasteiger partial charge in [0.25, 0.3) is 0 Å². The van der Waals surface area contributed by atoms with Crippen molar-refractivity contribution in [1.29, 1.82) is 0 Å². The monoisotopic (exact) mass is 509 g/mol. The Morgan fingerprint density at radius 1 is 0.842 bits per heavy atom. The molecule has 2 atom stereocenters. The topological polar surface area (TPSA) is 56.5 Å². The summed E-state index contributed by atoms with van der Waals surface area (Å²) in [4.78, 5) is 28.4. The minimum Gasteiger partial charge on any atom is -0.466 e. The Kier molecular flexibility index (Phi) is 7.78. The lowest BCUT2D eigenvalue weighted by atomic mass is 9.80. The second-order valence-corrected chi connectivity index (χ2v) is 9.93. The summed E-state index contributed by atoms with van der Waals surface area (Å²) in [5.74, 6) is -0.104. The second kappa shape index (κ2) is 11.5. The van der Waals surface area contributed by atoms with Crippen LogP contribution in [-0.2, 0) is 9.53 Å². The number of imidazole rings is 1. The molecule has 1 fully saturated rings. The predicted molar refractivity (Wildman–Crippen MR) is 151 cm³/mol. The van der Waals surface area contributed by atoms with Gasteiger partial charge < -0.3 is 9.64 Å². The summed E-state index contributed by atoms with van der Waals surface area (Å²) in [6.45, 7) is 6.04. The van der Waals surface area contributed by atoms with Gasteiger partial charge in [-0.15, -0.1) is 0 Å². The zero-order valence-corrected chi connectivity index (χ0v) is 22.1. The summed E-state index contributed by atoms with van der Waals surface area (Å²) >= 11 is 0. The maximum absolute atomic E-state index is 13.2. The van der Waals surface area contributed by atoms with Crippen molar-refractivity contribution in [2.45, 2.75) is 38.6 Å². The number of ether oxygens (including phenoxy) is 1. The van der Waals surface area contributed by atoms with Crippen molar-refractivity contribution in [3.05, 3.63) is 119 Å². The summed E-state index contributed by atoms with van der Waals surface area (Å²) in [6, 6.07) is 28.2. The number of carbonyl (C=O) groups is 1. The van der Waals surface area contributed by atoms with E-state index in [1.165, 1.54) is 0 Å². The molecule has 0 bridgehead atoms. The van der Waals surface area contributed by atoms with E-state index in [1.807, 2.05) is 99.0 Å². The molecule has 1 saturated heterocycles. The fraction of sp³-hybridized carbons (Fsp3) is 0.312. The van der Waals surface area contributed by atoms with Crippen LogP contribution in [0, 0.1) is 5.92 Å². The second-order valence-electron chi connectivity index (χ2n) is 9.93. The fourth-order valence-corrected chi connectivity index (χ4v) is 5.58. The van der Waals surface area contributed by atoms with E-state index in [1.54, 1.807) is 9.13 Å². The zero-order chi connectivity index (χ0) is 26.5. The van der Waals surface area contributed by atoms with Crippen LogP contribution < -0.4 is 10.6 Å². The third kappa shape index (κ3) is 5.30. The van der Waals surface area contributed by atoms with Crippen molar-refractivity contribution in [3.63, 3.8) is 0 Å². The van der Waals surface area contributed by atoms with Crippen LogP contribution in [0.15, 0.2) is 102 Å². The van der Waals surface area contributed by atoms with Crippen LogP contribution in [0.1, 0.15) is 49.8 Å². The Hall–Kier alpha value is -4.06. The van der Waals surface area contributed by atoms with Gasteiger partial charge in [0.2, 0.25) is 0 Å². The van der Waals surface area contributed by atoms with E-state index in [0.29, 0.717) is 6.61 Å². The number of carbonyl (C=O) groups excluding carboxylic acids is 1. The molecule has 6 heteroatoms. The molecule has 0 aliphatic carbocycles. The van der Waals surface area contributed by atoms with Crippen molar-refractivity contribution < 1.29 is 9.53 Å². The molecule has 1 aliphatic heterocycles. The molecule has 0 spiro atoms. The third-order valence-corrected chi connectivity index (χ3v) is 7.71. The summed E-state index contributed by atoms with van der Waals surface area (Å²) in [7, 11) is 0. The van der Waals surface area contributed by atoms with Crippen molar-refractivity contribution in [3.8, 4) is 5.69 Å². The lowest BCUT2D eigenvalue weighted by Gasteiger charge is -2.36. The SMILES string of the molecule is CCOC(=O)C(c1ccccc1)C1CCN(c2ccc(-n3ccn([C@H](C)c4ccccc4)c3=O)cc2)CC1. The van der Waals surface area contributed by atoms with Crippen LogP contribution in [-0.4, -0.2) is 34.8 Å². The standard InChI is InChI=1S/C32H35N3O3/c1-3-38-31(36)30(26-12-8-5-9-13-26)27-18-20-33(21-19-27)28-14-16-29(17-15-28)35-23-22-34(32(35)37)24(2)25-10-6-4-7-11-25/h4-17,22-24,27,30H,3,18-21H2,1-2H3/t24-,30?/m1/s1. The highest BCUT2D eigenvalue weighted by Crippen LogP contribution is 2.35. The summed E-state index contributed by atoms with van der Waals surface area (Å²) in [6.07, 6.45) is 5.52. The van der Waals surface area contributed by atoms with E-state index in [0.717, 1.165) is 48.4 Å². The molecule has 0 saturated carbocycles. The fourth-order valence-electron chi connectivity index (χ4n) is 5.58. The molecular formula is C32H35N3O3. The average Bonchev–Trinajstić information content (AvgIpc) is 3.35. The van der Waals surface area contributed by atoms with Gasteiger partial charge >= 0.3 is 11.7 Å². The molecule has 0 radical (unpaired) electrons. The molecule has 1 aromatic heterocycles. The maximum Gasteiger partial charge on any atom is 0.333 e. The number of aromatic nitrogens is 2. The Balaban J connectivity index is 1.27. The van der Waals surface area contributed by atoms with E-state index in [2.05, 4.69) is 17.0 Å². The number of hydrogen-bond acceptors (Lipinski definition) is 4. The highest BCUT2D eigenvalue weighted by molar-refractivity contribution is 5.78. The van der Waals surface area contributed by atoms with Crippen molar-refractivity contribution in [1.82, 2.24) is 9.13 Å². The Morgan fingerprint density at radius 2 is 1.42 bits per heavy atom. The molecule has 1 unspecified atom stereocenters. The first-order valence-corrected chi connectivity index (χ1v) is 13.5. The maximum atomic E-state index is 13.2. The first kappa shape index (κ1) is 25.6. The van der Waals surface area contributed by atoms with Gasteiger partial charge in [0, 0.05) is 31.2 Å². The predicted octanol–water partition coefficient (Wildman–Crippen LogP) is 5.81. The molecule has 4 aromatic rings. The van der Waals surface area contributed by atoms with E-state index >= 15 is 0 Å². The molecular weight excluding hydrogens is 474 g/mol. The van der Waals surface area contributed by atoms with E-state index in [4.69, 9.17) is 4.74 Å². The highest BCUT2D eigenvalue weighted by Gasteiger charge is 2.33. The largest absolute Gasteiger partial charge is 0.466 e. The molecule has 3 aromatic carbocycles. The van der Waals surface area contributed by atoms with Crippen LogP contribution in [0.5, 0.6) is 0 Å². The summed E-state index contributed by atoms with van der Waals surface area (Å²) < 4.78 is 8.91. The van der Waals surface area contributed by atoms with Crippen molar-refractivity contribution >= 4 is 11.7 Å². The minimum absolute atomic E-state index is 0.0418. The number of benzene rings is 3. The van der Waals surface area contributed by atoms with Crippen LogP contribution in [0.3, 0.4) is 0 Å². The number of rotatable bonds is 8. The quantitative estimate of drug-likeness (QED) is 0.281. The van der Waals surface area contributed by atoms with Gasteiger partial charge in [0.1, 0.15) is 0 Å². The molecule has 196 valence electrons. The molecule has 5 rings (SSSR count). The Bertz CT molecular complexity index is 1390. The number of nitrogens with zero attached hydrogens (tertiary/aromatic N) is 3. The van der Waals surface area contributed by atoms with Gasteiger partial charge in [-0.05, 0) is 68.0 Å². The van der Waals surface area contributed by atoms with Crippen molar-refractivity contribution in [2.75, 3.05) is 24.6 Å². The highest BCUT2D eigenvalue weighted by atomic mass is 16.5. The van der Waals surface area contributed by atoms with Gasteiger partial charge in [-0.2, -0.15) is 0 Å². The Morgan fingerprint density at radius 3 is 2.03 bits per heavy atom. The summed E-state index contributed by atoms with van der Waals surface area (Å²) in [5, 5.41) is 0. The van der Waals surface area contributed by atoms with Gasteiger partial charge in [-0.3, -0.25) is 13.9 Å². The average molecular weight is 510 g/mol. The van der Waals surface area contributed by atoms with Gasteiger partial charge in [-0.1, -0.05) is 60.7 Å². The zero-order valence-electron chi connectivity index (χ0n) is 22.1. The van der Waals surface area contributed by atoms with E-state index in [-0.39, 0.29) is 29.5 Å². The molecule has 2 heterocycles. The summed E-state index contributed by atoms with van der Waals surface area (Å²) in [5.41, 5.74) is 4.06.